The van der Waals surface area contributed by atoms with Crippen LogP contribution >= 0.6 is 0 Å². The highest BCUT2D eigenvalue weighted by Crippen LogP contribution is 2.24. The number of hydrogen-bond acceptors (Lipinski definition) is 8. The number of amides is 3. The molecule has 4 N–H and O–H groups in total. The largest absolute Gasteiger partial charge is 0.508 e. The summed E-state index contributed by atoms with van der Waals surface area (Å²) in [6, 6.07) is 20.1. The van der Waals surface area contributed by atoms with Crippen molar-refractivity contribution in [2.75, 3.05) is 13.2 Å². The number of phenols is 1. The Kier molecular flexibility index (Phi) is 13.1. The molecule has 3 rings (SSSR count). The fourth-order valence-electron chi connectivity index (χ4n) is 4.97. The number of nitrogens with one attached hydrogen (secondary N) is 2. The predicted octanol–water partition coefficient (Wildman–Crippen LogP) is 4.46. The van der Waals surface area contributed by atoms with Gasteiger partial charge in [0.05, 0.1) is 6.61 Å². The van der Waals surface area contributed by atoms with E-state index in [1.54, 1.807) is 84.0 Å². The first-order chi connectivity index (χ1) is 22.6. The van der Waals surface area contributed by atoms with Crippen LogP contribution in [0.2, 0.25) is 0 Å². The smallest absolute Gasteiger partial charge is 0.408 e. The van der Waals surface area contributed by atoms with Gasteiger partial charge in [0.1, 0.15) is 35.1 Å². The number of ether oxygens (including phenoxy) is 2. The molecule has 258 valence electrons. The lowest BCUT2D eigenvalue weighted by Crippen LogP contribution is -2.56. The zero-order valence-corrected chi connectivity index (χ0v) is 28.4. The average Bonchev–Trinajstić information content (AvgIpc) is 3.00. The molecule has 48 heavy (non-hydrogen) atoms. The van der Waals surface area contributed by atoms with Gasteiger partial charge in [-0.15, -0.1) is 0 Å². The third-order valence-corrected chi connectivity index (χ3v) is 6.95. The van der Waals surface area contributed by atoms with E-state index in [1.165, 1.54) is 17.0 Å². The van der Waals surface area contributed by atoms with Gasteiger partial charge >= 0.3 is 12.1 Å². The third kappa shape index (κ3) is 12.0. The molecule has 0 aliphatic heterocycles. The number of aliphatic hydroxyl groups excluding tert-OH is 1. The van der Waals surface area contributed by atoms with E-state index >= 15 is 0 Å². The van der Waals surface area contributed by atoms with Gasteiger partial charge < -0.3 is 35.2 Å². The van der Waals surface area contributed by atoms with Crippen molar-refractivity contribution in [2.45, 2.75) is 83.7 Å². The molecule has 0 heterocycles. The highest BCUT2D eigenvalue weighted by Gasteiger charge is 2.38. The van der Waals surface area contributed by atoms with Crippen LogP contribution in [0.25, 0.3) is 0 Å². The number of hydrogen-bond donors (Lipinski definition) is 4. The van der Waals surface area contributed by atoms with Gasteiger partial charge in [-0.25, -0.2) is 9.59 Å². The predicted molar refractivity (Wildman–Crippen MR) is 181 cm³/mol. The lowest BCUT2D eigenvalue weighted by Gasteiger charge is -2.35. The number of rotatable bonds is 13. The van der Waals surface area contributed by atoms with E-state index in [2.05, 4.69) is 10.6 Å². The van der Waals surface area contributed by atoms with E-state index in [4.69, 9.17) is 9.47 Å². The Labute approximate surface area is 282 Å². The second-order valence-corrected chi connectivity index (χ2v) is 13.4. The molecule has 3 aromatic carbocycles. The minimum Gasteiger partial charge on any atom is -0.508 e. The van der Waals surface area contributed by atoms with Crippen LogP contribution in [0.3, 0.4) is 0 Å². The number of carbonyl (C=O) groups is 4. The van der Waals surface area contributed by atoms with Gasteiger partial charge in [0.15, 0.2) is 0 Å². The molecular weight excluding hydrogens is 614 g/mol. The lowest BCUT2D eigenvalue weighted by atomic mass is 9.99. The van der Waals surface area contributed by atoms with Gasteiger partial charge in [0.2, 0.25) is 11.8 Å². The van der Waals surface area contributed by atoms with Crippen molar-refractivity contribution < 1.29 is 38.9 Å². The molecule has 0 saturated carbocycles. The van der Waals surface area contributed by atoms with Crippen LogP contribution < -0.4 is 10.6 Å². The third-order valence-electron chi connectivity index (χ3n) is 6.95. The Morgan fingerprint density at radius 2 is 1.23 bits per heavy atom. The highest BCUT2D eigenvalue weighted by molar-refractivity contribution is 5.94. The minimum atomic E-state index is -1.31. The van der Waals surface area contributed by atoms with Gasteiger partial charge in [-0.05, 0) is 70.4 Å². The molecule has 0 aliphatic carbocycles. The number of nitrogens with zero attached hydrogens (tertiary/aromatic N) is 1. The molecular formula is C37H47N3O8. The standard InChI is InChI=1S/C37H47N3O8/c1-36(2,3)47-34(45)30(24-25-13-9-7-10-14-25)38-32(43)31(27-15-11-8-12-16-27)40(21-22-41)33(44)29(39-35(46)48-37(4,5)6)23-26-17-19-28(42)20-18-26/h7-20,29-31,41-42H,21-24H2,1-6H3,(H,38,43)(H,39,46). The molecule has 11 nitrogen and oxygen atoms in total. The molecule has 0 aromatic heterocycles. The molecule has 0 aliphatic rings. The van der Waals surface area contributed by atoms with Gasteiger partial charge in [0, 0.05) is 19.4 Å². The van der Waals surface area contributed by atoms with Crippen molar-refractivity contribution in [3.63, 3.8) is 0 Å². The number of alkyl carbamates (subject to hydrolysis) is 1. The van der Waals surface area contributed by atoms with Crippen LogP contribution in [0.4, 0.5) is 4.79 Å². The van der Waals surface area contributed by atoms with Crippen LogP contribution in [0.5, 0.6) is 5.75 Å². The van der Waals surface area contributed by atoms with Crippen LogP contribution in [-0.4, -0.2) is 75.4 Å². The summed E-state index contributed by atoms with van der Waals surface area (Å²) in [4.78, 5) is 56.3. The fourth-order valence-corrected chi connectivity index (χ4v) is 4.97. The number of aromatic hydroxyl groups is 1. The van der Waals surface area contributed by atoms with Crippen molar-refractivity contribution in [1.29, 1.82) is 0 Å². The Bertz CT molecular complexity index is 1500. The summed E-state index contributed by atoms with van der Waals surface area (Å²) in [6.45, 7) is 9.48. The summed E-state index contributed by atoms with van der Waals surface area (Å²) in [5.41, 5.74) is 0.120. The van der Waals surface area contributed by atoms with Gasteiger partial charge in [0.25, 0.3) is 0 Å². The molecule has 0 radical (unpaired) electrons. The van der Waals surface area contributed by atoms with Crippen LogP contribution in [0.15, 0.2) is 84.9 Å². The van der Waals surface area contributed by atoms with E-state index in [1.807, 2.05) is 30.3 Å². The number of aliphatic hydroxyl groups is 1. The monoisotopic (exact) mass is 661 g/mol. The zero-order valence-electron chi connectivity index (χ0n) is 28.4. The van der Waals surface area contributed by atoms with Gasteiger partial charge in [-0.1, -0.05) is 72.8 Å². The second kappa shape index (κ2) is 16.8. The van der Waals surface area contributed by atoms with Crippen molar-refractivity contribution in [2.24, 2.45) is 0 Å². The summed E-state index contributed by atoms with van der Waals surface area (Å²) in [7, 11) is 0. The summed E-state index contributed by atoms with van der Waals surface area (Å²) < 4.78 is 11.1. The fraction of sp³-hybridized carbons (Fsp3) is 0.405. The maximum absolute atomic E-state index is 14.4. The molecule has 0 fully saturated rings. The molecule has 3 aromatic rings. The number of carbonyl (C=O) groups excluding carboxylic acids is 4. The minimum absolute atomic E-state index is 0.0159. The highest BCUT2D eigenvalue weighted by atomic mass is 16.6. The summed E-state index contributed by atoms with van der Waals surface area (Å²) in [5.74, 6) is -1.98. The van der Waals surface area contributed by atoms with Gasteiger partial charge in [-0.2, -0.15) is 0 Å². The summed E-state index contributed by atoms with van der Waals surface area (Å²) in [5, 5.41) is 25.4. The Balaban J connectivity index is 2.04. The Hall–Kier alpha value is -4.90. The van der Waals surface area contributed by atoms with E-state index in [-0.39, 0.29) is 25.1 Å². The van der Waals surface area contributed by atoms with E-state index in [9.17, 15) is 29.4 Å². The van der Waals surface area contributed by atoms with Crippen molar-refractivity contribution >= 4 is 23.9 Å². The number of esters is 1. The van der Waals surface area contributed by atoms with Gasteiger partial charge in [-0.3, -0.25) is 9.59 Å². The van der Waals surface area contributed by atoms with Crippen LogP contribution in [-0.2, 0) is 36.7 Å². The summed E-state index contributed by atoms with van der Waals surface area (Å²) >= 11 is 0. The quantitative estimate of drug-likeness (QED) is 0.196. The molecule has 3 atom stereocenters. The SMILES string of the molecule is CC(C)(C)OC(=O)NC(Cc1ccc(O)cc1)C(=O)N(CCO)C(C(=O)NC(Cc1ccccc1)C(=O)OC(C)(C)C)c1ccccc1. The van der Waals surface area contributed by atoms with E-state index in [0.29, 0.717) is 11.1 Å². The molecule has 0 spiro atoms. The number of benzene rings is 3. The first-order valence-corrected chi connectivity index (χ1v) is 15.9. The lowest BCUT2D eigenvalue weighted by molar-refractivity contribution is -0.159. The van der Waals surface area contributed by atoms with E-state index in [0.717, 1.165) is 5.56 Å². The number of phenolic OH excluding ortho intramolecular Hbond substituents is 1. The topological polar surface area (TPSA) is 154 Å². The van der Waals surface area contributed by atoms with Crippen molar-refractivity contribution in [3.05, 3.63) is 102 Å². The molecule has 0 saturated heterocycles. The van der Waals surface area contributed by atoms with Crippen molar-refractivity contribution in [1.82, 2.24) is 15.5 Å². The molecule has 3 amide bonds. The first kappa shape index (κ1) is 37.6. The van der Waals surface area contributed by atoms with E-state index < -0.39 is 59.8 Å². The Morgan fingerprint density at radius 3 is 1.77 bits per heavy atom. The molecule has 11 heteroatoms. The maximum Gasteiger partial charge on any atom is 0.408 e. The average molecular weight is 662 g/mol. The summed E-state index contributed by atoms with van der Waals surface area (Å²) in [6.07, 6.45) is -0.740. The van der Waals surface area contributed by atoms with Crippen molar-refractivity contribution in [3.8, 4) is 5.75 Å². The normalized spacial score (nSPS) is 13.4. The first-order valence-electron chi connectivity index (χ1n) is 15.9. The zero-order chi connectivity index (χ0) is 35.5. The maximum atomic E-state index is 14.4. The van der Waals surface area contributed by atoms with Crippen LogP contribution in [0, 0.1) is 0 Å². The second-order valence-electron chi connectivity index (χ2n) is 13.4. The van der Waals surface area contributed by atoms with Crippen LogP contribution in [0.1, 0.15) is 64.3 Å². The Morgan fingerprint density at radius 1 is 0.708 bits per heavy atom. The molecule has 0 bridgehead atoms. The molecule has 3 unspecified atom stereocenters.